The first-order chi connectivity index (χ1) is 9.07. The van der Waals surface area contributed by atoms with Gasteiger partial charge in [0.2, 0.25) is 0 Å². The summed E-state index contributed by atoms with van der Waals surface area (Å²) in [7, 11) is 4.93. The third kappa shape index (κ3) is 57.1. The minimum Gasteiger partial charge on any atom is -0.388 e. The van der Waals surface area contributed by atoms with Crippen LogP contribution < -0.4 is 0 Å². The van der Waals surface area contributed by atoms with Crippen LogP contribution in [0.5, 0.6) is 0 Å². The highest BCUT2D eigenvalue weighted by Gasteiger charge is 2.17. The van der Waals surface area contributed by atoms with Crippen molar-refractivity contribution in [3.63, 3.8) is 0 Å². The van der Waals surface area contributed by atoms with Crippen LogP contribution in [0, 0.1) is 11.8 Å². The largest absolute Gasteiger partial charge is 0.388 e. The monoisotopic (exact) mass is 276 g/mol. The normalized spacial score (nSPS) is 15.2. The average molecular weight is 277 g/mol. The van der Waals surface area contributed by atoms with Gasteiger partial charge >= 0.3 is 0 Å². The van der Waals surface area contributed by atoms with Gasteiger partial charge in [-0.15, -0.1) is 0 Å². The molecule has 2 aliphatic carbocycles. The molecule has 2 rings (SSSR count). The summed E-state index contributed by atoms with van der Waals surface area (Å²) in [5, 5.41) is 0. The molecule has 0 aromatic heterocycles. The first kappa shape index (κ1) is 24.0. The standard InChI is InChI=1S/C5H10.C4H8.C3H8O.C3H8.C2H6O/c1-2-5-3-4-5;1-4-2-3-4;1-3-4-2;2*1-3-2/h5H,2-4H2,1H3;4H,2-3H2,1H3;3H2,1-2H3;3H2,1-2H3;1-2H3. The van der Waals surface area contributed by atoms with Crippen molar-refractivity contribution in [3.05, 3.63) is 0 Å². The third-order valence-electron chi connectivity index (χ3n) is 2.43. The Morgan fingerprint density at radius 3 is 1.11 bits per heavy atom. The number of methoxy groups -OCH3 is 2. The lowest BCUT2D eigenvalue weighted by molar-refractivity contribution is 0.215. The molecular weight excluding hydrogens is 236 g/mol. The average Bonchev–Trinajstić information content (AvgIpc) is 3.27. The van der Waals surface area contributed by atoms with E-state index < -0.39 is 0 Å². The maximum Gasteiger partial charge on any atom is 0.0433 e. The summed E-state index contributed by atoms with van der Waals surface area (Å²) in [6, 6.07) is 0. The summed E-state index contributed by atoms with van der Waals surface area (Å²) < 4.78 is 8.79. The molecule has 0 radical (unpaired) electrons. The molecule has 2 heteroatoms. The van der Waals surface area contributed by atoms with E-state index in [4.69, 9.17) is 0 Å². The van der Waals surface area contributed by atoms with Crippen LogP contribution >= 0.6 is 0 Å². The molecule has 0 atom stereocenters. The summed E-state index contributed by atoms with van der Waals surface area (Å²) in [5.74, 6) is 2.22. The lowest BCUT2D eigenvalue weighted by Crippen LogP contribution is -1.73. The molecular formula is C17H40O2. The molecule has 0 aliphatic heterocycles. The van der Waals surface area contributed by atoms with Crippen molar-refractivity contribution in [1.82, 2.24) is 0 Å². The number of rotatable bonds is 2. The molecule has 0 bridgehead atoms. The molecule has 2 aliphatic rings. The SMILES string of the molecule is CC1CC1.CCC.CCC1CC1.CCOC.COC. The molecule has 2 fully saturated rings. The Morgan fingerprint density at radius 2 is 1.11 bits per heavy atom. The first-order valence-corrected chi connectivity index (χ1v) is 7.96. The molecule has 2 saturated carbocycles. The second-order valence-corrected chi connectivity index (χ2v) is 5.23. The Balaban J connectivity index is -0.000000172. The van der Waals surface area contributed by atoms with Gasteiger partial charge in [0, 0.05) is 27.9 Å². The van der Waals surface area contributed by atoms with Crippen LogP contribution in [0.15, 0.2) is 0 Å². The molecule has 0 aromatic carbocycles. The van der Waals surface area contributed by atoms with Crippen LogP contribution in [0.4, 0.5) is 0 Å². The van der Waals surface area contributed by atoms with E-state index in [0.29, 0.717) is 0 Å². The molecule has 0 heterocycles. The quantitative estimate of drug-likeness (QED) is 0.658. The highest BCUT2D eigenvalue weighted by Crippen LogP contribution is 2.31. The van der Waals surface area contributed by atoms with Gasteiger partial charge in [0.05, 0.1) is 0 Å². The molecule has 2 nitrogen and oxygen atoms in total. The van der Waals surface area contributed by atoms with Crippen LogP contribution in [0.1, 0.15) is 73.1 Å². The van der Waals surface area contributed by atoms with Crippen molar-refractivity contribution in [3.8, 4) is 0 Å². The fourth-order valence-corrected chi connectivity index (χ4v) is 0.693. The maximum absolute atomic E-state index is 4.54. The van der Waals surface area contributed by atoms with Crippen molar-refractivity contribution in [1.29, 1.82) is 0 Å². The van der Waals surface area contributed by atoms with E-state index in [9.17, 15) is 0 Å². The molecule has 0 N–H and O–H groups in total. The molecule has 19 heavy (non-hydrogen) atoms. The van der Waals surface area contributed by atoms with Crippen molar-refractivity contribution in [2.45, 2.75) is 73.1 Å². The van der Waals surface area contributed by atoms with Crippen LogP contribution in [0.3, 0.4) is 0 Å². The second-order valence-electron chi connectivity index (χ2n) is 5.23. The van der Waals surface area contributed by atoms with E-state index in [1.165, 1.54) is 38.5 Å². The summed E-state index contributed by atoms with van der Waals surface area (Å²) in [4.78, 5) is 0. The fraction of sp³-hybridized carbons (Fsp3) is 1.00. The smallest absolute Gasteiger partial charge is 0.0433 e. The number of hydrogen-bond acceptors (Lipinski definition) is 2. The van der Waals surface area contributed by atoms with Crippen molar-refractivity contribution >= 4 is 0 Å². The maximum atomic E-state index is 4.54. The van der Waals surface area contributed by atoms with Gasteiger partial charge in [-0.05, 0) is 18.8 Å². The van der Waals surface area contributed by atoms with Gasteiger partial charge in [-0.1, -0.05) is 66.2 Å². The molecule has 0 amide bonds. The lowest BCUT2D eigenvalue weighted by Gasteiger charge is -1.76. The Kier molecular flexibility index (Phi) is 29.1. The summed E-state index contributed by atoms with van der Waals surface area (Å²) in [6.07, 6.45) is 8.66. The summed E-state index contributed by atoms with van der Waals surface area (Å²) >= 11 is 0. The lowest BCUT2D eigenvalue weighted by atomic mass is 10.3. The summed E-state index contributed by atoms with van der Waals surface area (Å²) in [6.45, 7) is 11.6. The Morgan fingerprint density at radius 1 is 0.842 bits per heavy atom. The van der Waals surface area contributed by atoms with Crippen LogP contribution in [0.25, 0.3) is 0 Å². The van der Waals surface area contributed by atoms with E-state index in [2.05, 4.69) is 37.2 Å². The number of hydrogen-bond donors (Lipinski definition) is 0. The van der Waals surface area contributed by atoms with Gasteiger partial charge in [0.25, 0.3) is 0 Å². The zero-order valence-corrected chi connectivity index (χ0v) is 14.9. The zero-order chi connectivity index (χ0) is 15.5. The second kappa shape index (κ2) is 23.0. The van der Waals surface area contributed by atoms with Gasteiger partial charge in [-0.25, -0.2) is 0 Å². The van der Waals surface area contributed by atoms with Crippen molar-refractivity contribution in [2.24, 2.45) is 11.8 Å². The Hall–Kier alpha value is -0.0800. The Bertz CT molecular complexity index is 114. The minimum atomic E-state index is 0.819. The predicted octanol–water partition coefficient (Wildman–Crippen LogP) is 5.55. The van der Waals surface area contributed by atoms with Crippen molar-refractivity contribution in [2.75, 3.05) is 27.9 Å². The zero-order valence-electron chi connectivity index (χ0n) is 14.9. The van der Waals surface area contributed by atoms with Gasteiger partial charge < -0.3 is 9.47 Å². The molecule has 0 unspecified atom stereocenters. The van der Waals surface area contributed by atoms with Crippen LogP contribution in [-0.2, 0) is 9.47 Å². The molecule has 0 aromatic rings. The topological polar surface area (TPSA) is 18.5 Å². The predicted molar refractivity (Wildman–Crippen MR) is 87.9 cm³/mol. The van der Waals surface area contributed by atoms with Gasteiger partial charge in [-0.2, -0.15) is 0 Å². The van der Waals surface area contributed by atoms with E-state index >= 15 is 0 Å². The molecule has 0 saturated heterocycles. The number of ether oxygens (including phenoxy) is 2. The van der Waals surface area contributed by atoms with Gasteiger partial charge in [0.1, 0.15) is 0 Å². The van der Waals surface area contributed by atoms with E-state index in [-0.39, 0.29) is 0 Å². The molecule has 120 valence electrons. The van der Waals surface area contributed by atoms with E-state index in [0.717, 1.165) is 18.4 Å². The molecule has 0 spiro atoms. The van der Waals surface area contributed by atoms with E-state index in [1.807, 2.05) is 6.92 Å². The van der Waals surface area contributed by atoms with Gasteiger partial charge in [0.15, 0.2) is 0 Å². The Labute approximate surface area is 123 Å². The van der Waals surface area contributed by atoms with E-state index in [1.54, 1.807) is 21.3 Å². The highest BCUT2D eigenvalue weighted by molar-refractivity contribution is 4.69. The van der Waals surface area contributed by atoms with Gasteiger partial charge in [-0.3, -0.25) is 0 Å². The highest BCUT2D eigenvalue weighted by atomic mass is 16.5. The summed E-state index contributed by atoms with van der Waals surface area (Å²) in [5.41, 5.74) is 0. The minimum absolute atomic E-state index is 0.819. The first-order valence-electron chi connectivity index (χ1n) is 7.96. The van der Waals surface area contributed by atoms with Crippen molar-refractivity contribution < 1.29 is 9.47 Å². The van der Waals surface area contributed by atoms with Crippen LogP contribution in [-0.4, -0.2) is 27.9 Å². The van der Waals surface area contributed by atoms with Crippen LogP contribution in [0.2, 0.25) is 0 Å². The fourth-order valence-electron chi connectivity index (χ4n) is 0.693. The third-order valence-corrected chi connectivity index (χ3v) is 2.43.